The van der Waals surface area contributed by atoms with E-state index in [0.29, 0.717) is 19.3 Å². The number of unbranched alkanes of at least 4 members (excludes halogenated alkanes) is 38. The van der Waals surface area contributed by atoms with Crippen LogP contribution in [-0.2, 0) is 14.3 Å². The maximum Gasteiger partial charge on any atom is 0.306 e. The first kappa shape index (κ1) is 61.6. The number of carbonyl (C=O) groups excluding carboxylic acids is 2. The Morgan fingerprint density at radius 2 is 0.762 bits per heavy atom. The second-order valence-electron chi connectivity index (χ2n) is 19.7. The summed E-state index contributed by atoms with van der Waals surface area (Å²) in [5, 5.41) is 23.9. The summed E-state index contributed by atoms with van der Waals surface area (Å²) in [6.07, 6.45) is 58.4. The molecule has 0 heterocycles. The summed E-state index contributed by atoms with van der Waals surface area (Å²) in [6, 6.07) is -0.697. The smallest absolute Gasteiger partial charge is 0.306 e. The molecule has 0 fully saturated rings. The van der Waals surface area contributed by atoms with Crippen LogP contribution in [0.25, 0.3) is 0 Å². The van der Waals surface area contributed by atoms with Gasteiger partial charge in [-0.2, -0.15) is 0 Å². The predicted molar refractivity (Wildman–Crippen MR) is 273 cm³/mol. The Balaban J connectivity index is 4.47. The van der Waals surface area contributed by atoms with Crippen LogP contribution in [0.2, 0.25) is 0 Å². The first-order valence-electron chi connectivity index (χ1n) is 28.4. The van der Waals surface area contributed by atoms with Crippen molar-refractivity contribution in [3.05, 3.63) is 12.2 Å². The normalized spacial score (nSPS) is 13.2. The lowest BCUT2D eigenvalue weighted by atomic mass is 10.0. The summed E-state index contributed by atoms with van der Waals surface area (Å²) in [5.74, 6) is -0.462. The Kier molecular flexibility index (Phi) is 50.4. The summed E-state index contributed by atoms with van der Waals surface area (Å²) in [6.45, 7) is 6.52. The summed E-state index contributed by atoms with van der Waals surface area (Å²) in [4.78, 5) is 26.2. The third-order valence-electron chi connectivity index (χ3n) is 13.3. The number of hydrogen-bond donors (Lipinski definition) is 3. The van der Waals surface area contributed by atoms with Gasteiger partial charge < -0.3 is 20.3 Å². The van der Waals surface area contributed by atoms with Gasteiger partial charge >= 0.3 is 5.97 Å². The third-order valence-corrected chi connectivity index (χ3v) is 13.3. The second-order valence-corrected chi connectivity index (χ2v) is 19.7. The van der Waals surface area contributed by atoms with E-state index < -0.39 is 18.2 Å². The molecule has 0 aromatic rings. The number of hydrogen-bond acceptors (Lipinski definition) is 5. The Labute approximate surface area is 393 Å². The third kappa shape index (κ3) is 46.9. The zero-order valence-corrected chi connectivity index (χ0v) is 42.7. The monoisotopic (exact) mass is 890 g/mol. The number of ether oxygens (including phenoxy) is 1. The second kappa shape index (κ2) is 51.6. The SMILES string of the molecule is CCCCCCCCC/C=C/CCCCCCCC(=O)OC(CCCCCCCCCCCCCC)CC(=O)NC(CO)C(O)CCCCCCCCCCCCCCCCCC. The van der Waals surface area contributed by atoms with Crippen LogP contribution < -0.4 is 5.32 Å². The molecular weight excluding hydrogens is 779 g/mol. The predicted octanol–water partition coefficient (Wildman–Crippen LogP) is 17.3. The van der Waals surface area contributed by atoms with Crippen molar-refractivity contribution in [2.75, 3.05) is 6.61 Å². The highest BCUT2D eigenvalue weighted by Gasteiger charge is 2.24. The maximum atomic E-state index is 13.2. The van der Waals surface area contributed by atoms with E-state index in [1.165, 1.54) is 218 Å². The molecule has 0 saturated heterocycles. The molecule has 1 amide bonds. The van der Waals surface area contributed by atoms with E-state index in [1.807, 2.05) is 0 Å². The number of esters is 1. The van der Waals surface area contributed by atoms with Gasteiger partial charge in [-0.1, -0.05) is 264 Å². The van der Waals surface area contributed by atoms with E-state index >= 15 is 0 Å². The lowest BCUT2D eigenvalue weighted by Gasteiger charge is -2.24. The van der Waals surface area contributed by atoms with E-state index in [4.69, 9.17) is 4.74 Å². The molecule has 0 aliphatic carbocycles. The standard InChI is InChI=1S/C57H111NO5/c1-4-7-10-13-16-19-22-25-27-29-31-34-37-40-43-46-49-55(60)54(52-59)58-56(61)51-53(48-45-42-39-36-33-24-21-18-15-12-9-6-3)63-57(62)50-47-44-41-38-35-32-30-28-26-23-20-17-14-11-8-5-2/h28,30,53-55,59-60H,4-27,29,31-52H2,1-3H3,(H,58,61)/b30-28+. The van der Waals surface area contributed by atoms with Crippen molar-refractivity contribution in [1.29, 1.82) is 0 Å². The van der Waals surface area contributed by atoms with Crippen molar-refractivity contribution in [3.63, 3.8) is 0 Å². The number of aliphatic hydroxyl groups excluding tert-OH is 2. The van der Waals surface area contributed by atoms with Crippen molar-refractivity contribution in [2.45, 2.75) is 334 Å². The fourth-order valence-corrected chi connectivity index (χ4v) is 9.02. The quantitative estimate of drug-likeness (QED) is 0.0321. The van der Waals surface area contributed by atoms with Crippen LogP contribution in [0.3, 0.4) is 0 Å². The Morgan fingerprint density at radius 3 is 1.13 bits per heavy atom. The van der Waals surface area contributed by atoms with Crippen LogP contribution >= 0.6 is 0 Å². The minimum absolute atomic E-state index is 0.0819. The van der Waals surface area contributed by atoms with Crippen molar-refractivity contribution in [2.24, 2.45) is 0 Å². The fraction of sp³-hybridized carbons (Fsp3) is 0.930. The topological polar surface area (TPSA) is 95.9 Å². The van der Waals surface area contributed by atoms with Crippen LogP contribution in [0.15, 0.2) is 12.2 Å². The number of nitrogens with one attached hydrogen (secondary N) is 1. The van der Waals surface area contributed by atoms with Gasteiger partial charge in [-0.15, -0.1) is 0 Å². The molecule has 0 aromatic carbocycles. The first-order valence-corrected chi connectivity index (χ1v) is 28.4. The molecule has 6 heteroatoms. The molecule has 6 nitrogen and oxygen atoms in total. The van der Waals surface area contributed by atoms with Gasteiger partial charge in [-0.25, -0.2) is 0 Å². The van der Waals surface area contributed by atoms with Gasteiger partial charge in [0.1, 0.15) is 6.10 Å². The zero-order valence-electron chi connectivity index (χ0n) is 42.7. The van der Waals surface area contributed by atoms with E-state index in [1.54, 1.807) is 0 Å². The van der Waals surface area contributed by atoms with Gasteiger partial charge in [0.15, 0.2) is 0 Å². The van der Waals surface area contributed by atoms with E-state index in [0.717, 1.165) is 51.4 Å². The molecule has 0 rings (SSSR count). The molecule has 0 saturated carbocycles. The molecule has 3 unspecified atom stereocenters. The number of aliphatic hydroxyl groups is 2. The zero-order chi connectivity index (χ0) is 45.9. The average molecular weight is 891 g/mol. The number of allylic oxidation sites excluding steroid dienone is 2. The van der Waals surface area contributed by atoms with Gasteiger partial charge in [0.05, 0.1) is 25.2 Å². The minimum Gasteiger partial charge on any atom is -0.462 e. The Hall–Kier alpha value is -1.40. The van der Waals surface area contributed by atoms with E-state index in [2.05, 4.69) is 38.2 Å². The lowest BCUT2D eigenvalue weighted by Crippen LogP contribution is -2.46. The van der Waals surface area contributed by atoms with Crippen LogP contribution in [0.1, 0.15) is 316 Å². The highest BCUT2D eigenvalue weighted by molar-refractivity contribution is 5.77. The van der Waals surface area contributed by atoms with Crippen molar-refractivity contribution in [3.8, 4) is 0 Å². The molecule has 3 atom stereocenters. The molecule has 0 aliphatic heterocycles. The highest BCUT2D eigenvalue weighted by Crippen LogP contribution is 2.19. The molecule has 63 heavy (non-hydrogen) atoms. The minimum atomic E-state index is -0.783. The van der Waals surface area contributed by atoms with E-state index in [-0.39, 0.29) is 24.9 Å². The summed E-state index contributed by atoms with van der Waals surface area (Å²) >= 11 is 0. The first-order chi connectivity index (χ1) is 31.0. The summed E-state index contributed by atoms with van der Waals surface area (Å²) in [5.41, 5.74) is 0. The Bertz CT molecular complexity index is 955. The number of amides is 1. The number of rotatable bonds is 52. The van der Waals surface area contributed by atoms with Crippen molar-refractivity contribution in [1.82, 2.24) is 5.32 Å². The van der Waals surface area contributed by atoms with Crippen molar-refractivity contribution >= 4 is 11.9 Å². The largest absolute Gasteiger partial charge is 0.462 e. The fourth-order valence-electron chi connectivity index (χ4n) is 9.02. The highest BCUT2D eigenvalue weighted by atomic mass is 16.5. The molecular formula is C57H111NO5. The van der Waals surface area contributed by atoms with Crippen LogP contribution in [0.5, 0.6) is 0 Å². The molecule has 0 radical (unpaired) electrons. The maximum absolute atomic E-state index is 13.2. The summed E-state index contributed by atoms with van der Waals surface area (Å²) < 4.78 is 5.95. The van der Waals surface area contributed by atoms with Gasteiger partial charge in [0, 0.05) is 6.42 Å². The number of carbonyl (C=O) groups is 2. The van der Waals surface area contributed by atoms with Gasteiger partial charge in [0.25, 0.3) is 0 Å². The molecule has 0 bridgehead atoms. The molecule has 0 aromatic heterocycles. The van der Waals surface area contributed by atoms with E-state index in [9.17, 15) is 19.8 Å². The van der Waals surface area contributed by atoms with Gasteiger partial charge in [0.2, 0.25) is 5.91 Å². The van der Waals surface area contributed by atoms with Crippen molar-refractivity contribution < 1.29 is 24.5 Å². The van der Waals surface area contributed by atoms with Crippen LogP contribution in [0.4, 0.5) is 0 Å². The van der Waals surface area contributed by atoms with Gasteiger partial charge in [-0.3, -0.25) is 9.59 Å². The molecule has 0 spiro atoms. The van der Waals surface area contributed by atoms with Crippen LogP contribution in [-0.4, -0.2) is 46.9 Å². The van der Waals surface area contributed by atoms with Crippen LogP contribution in [0, 0.1) is 0 Å². The molecule has 3 N–H and O–H groups in total. The summed E-state index contributed by atoms with van der Waals surface area (Å²) in [7, 11) is 0. The molecule has 374 valence electrons. The van der Waals surface area contributed by atoms with Gasteiger partial charge in [-0.05, 0) is 51.4 Å². The Morgan fingerprint density at radius 1 is 0.444 bits per heavy atom. The lowest BCUT2D eigenvalue weighted by molar-refractivity contribution is -0.151. The molecule has 0 aliphatic rings. The average Bonchev–Trinajstić information content (AvgIpc) is 3.28.